The van der Waals surface area contributed by atoms with Crippen LogP contribution >= 0.6 is 23.2 Å². The van der Waals surface area contributed by atoms with E-state index in [1.807, 2.05) is 4.90 Å². The first kappa shape index (κ1) is 24.0. The van der Waals surface area contributed by atoms with E-state index in [2.05, 4.69) is 5.32 Å². The molecule has 2 amide bonds. The number of hydrogen-bond donors (Lipinski definition) is 1. The summed E-state index contributed by atoms with van der Waals surface area (Å²) in [6.45, 7) is 2.37. The molecule has 1 saturated heterocycles. The predicted molar refractivity (Wildman–Crippen MR) is 137 cm³/mol. The normalized spacial score (nSPS) is 18.8. The lowest BCUT2D eigenvalue weighted by molar-refractivity contribution is 0.0509. The van der Waals surface area contributed by atoms with Crippen molar-refractivity contribution < 1.29 is 18.7 Å². The molecule has 0 radical (unpaired) electrons. The molecule has 0 saturated carbocycles. The zero-order chi connectivity index (χ0) is 24.4. The van der Waals surface area contributed by atoms with Crippen LogP contribution in [0.2, 0.25) is 10.0 Å². The smallest absolute Gasteiger partial charge is 0.289 e. The standard InChI is InChI=1S/C27H28Cl2N2O4/c28-19-4-6-22-18(14-19)15-24(35-22)26(33)31-11-9-27(10-12-31)8-2-1-3-13-34-23-7-5-20(29)16-21(23)25(32)30-17-27/h4-7,14-16H,1-3,8-13,17H2,(H,30,32). The molecule has 184 valence electrons. The van der Waals surface area contributed by atoms with Crippen molar-refractivity contribution in [1.29, 1.82) is 0 Å². The summed E-state index contributed by atoms with van der Waals surface area (Å²) in [6.07, 6.45) is 5.70. The second-order valence-corrected chi connectivity index (χ2v) is 10.4. The fraction of sp³-hybridized carbons (Fsp3) is 0.407. The van der Waals surface area contributed by atoms with Crippen LogP contribution < -0.4 is 10.1 Å². The van der Waals surface area contributed by atoms with Crippen molar-refractivity contribution in [3.8, 4) is 5.75 Å². The van der Waals surface area contributed by atoms with Gasteiger partial charge in [-0.1, -0.05) is 36.0 Å². The van der Waals surface area contributed by atoms with E-state index in [0.717, 1.165) is 43.9 Å². The quantitative estimate of drug-likeness (QED) is 0.410. The molecule has 3 aromatic rings. The van der Waals surface area contributed by atoms with E-state index < -0.39 is 0 Å². The molecule has 2 aromatic carbocycles. The minimum atomic E-state index is -0.179. The molecule has 8 heteroatoms. The van der Waals surface area contributed by atoms with E-state index in [0.29, 0.717) is 58.9 Å². The second kappa shape index (κ2) is 10.1. The molecule has 3 heterocycles. The van der Waals surface area contributed by atoms with Gasteiger partial charge in [-0.15, -0.1) is 0 Å². The number of carbonyl (C=O) groups excluding carboxylic acids is 2. The van der Waals surface area contributed by atoms with Crippen LogP contribution in [0.5, 0.6) is 5.75 Å². The van der Waals surface area contributed by atoms with E-state index in [9.17, 15) is 9.59 Å². The fourth-order valence-electron chi connectivity index (χ4n) is 5.10. The molecular weight excluding hydrogens is 487 g/mol. The zero-order valence-corrected chi connectivity index (χ0v) is 21.0. The van der Waals surface area contributed by atoms with Crippen molar-refractivity contribution in [1.82, 2.24) is 10.2 Å². The number of furan rings is 1. The van der Waals surface area contributed by atoms with Gasteiger partial charge < -0.3 is 19.4 Å². The van der Waals surface area contributed by atoms with Crippen molar-refractivity contribution in [3.63, 3.8) is 0 Å². The van der Waals surface area contributed by atoms with Crippen LogP contribution in [0.1, 0.15) is 59.4 Å². The molecule has 1 N–H and O–H groups in total. The Morgan fingerprint density at radius 1 is 0.943 bits per heavy atom. The minimum Gasteiger partial charge on any atom is -0.493 e. The van der Waals surface area contributed by atoms with Gasteiger partial charge in [-0.2, -0.15) is 0 Å². The van der Waals surface area contributed by atoms with E-state index in [4.69, 9.17) is 32.4 Å². The number of fused-ring (bicyclic) bond motifs is 2. The molecule has 2 aliphatic rings. The third kappa shape index (κ3) is 5.29. The highest BCUT2D eigenvalue weighted by Crippen LogP contribution is 2.38. The van der Waals surface area contributed by atoms with E-state index in [-0.39, 0.29) is 17.2 Å². The summed E-state index contributed by atoms with van der Waals surface area (Å²) in [7, 11) is 0. The van der Waals surface area contributed by atoms with Gasteiger partial charge >= 0.3 is 0 Å². The maximum atomic E-state index is 13.2. The molecule has 1 spiro atoms. The fourth-order valence-corrected chi connectivity index (χ4v) is 5.46. The molecular formula is C27H28Cl2N2O4. The number of likely N-dealkylation sites (tertiary alicyclic amines) is 1. The van der Waals surface area contributed by atoms with Crippen molar-refractivity contribution >= 4 is 46.0 Å². The van der Waals surface area contributed by atoms with Crippen LogP contribution in [0.3, 0.4) is 0 Å². The molecule has 6 nitrogen and oxygen atoms in total. The summed E-state index contributed by atoms with van der Waals surface area (Å²) in [6, 6.07) is 12.2. The van der Waals surface area contributed by atoms with Crippen LogP contribution in [0, 0.1) is 5.41 Å². The molecule has 0 aliphatic carbocycles. The Kier molecular flexibility index (Phi) is 6.94. The third-order valence-electron chi connectivity index (χ3n) is 7.22. The number of benzene rings is 2. The number of hydrogen-bond acceptors (Lipinski definition) is 4. The lowest BCUT2D eigenvalue weighted by Crippen LogP contribution is -2.48. The van der Waals surface area contributed by atoms with Crippen LogP contribution in [0.4, 0.5) is 0 Å². The Morgan fingerprint density at radius 3 is 2.54 bits per heavy atom. The molecule has 0 atom stereocenters. The molecule has 0 bridgehead atoms. The molecule has 1 fully saturated rings. The van der Waals surface area contributed by atoms with Crippen molar-refractivity contribution in [2.75, 3.05) is 26.2 Å². The summed E-state index contributed by atoms with van der Waals surface area (Å²) in [5.74, 6) is 0.611. The van der Waals surface area contributed by atoms with Gasteiger partial charge in [-0.3, -0.25) is 9.59 Å². The highest BCUT2D eigenvalue weighted by molar-refractivity contribution is 6.31. The van der Waals surface area contributed by atoms with E-state index in [1.165, 1.54) is 0 Å². The second-order valence-electron chi connectivity index (χ2n) is 9.57. The highest BCUT2D eigenvalue weighted by atomic mass is 35.5. The molecule has 1 aromatic heterocycles. The summed E-state index contributed by atoms with van der Waals surface area (Å²) in [5.41, 5.74) is 1.07. The Hall–Kier alpha value is -2.70. The van der Waals surface area contributed by atoms with Crippen molar-refractivity contribution in [2.45, 2.75) is 38.5 Å². The van der Waals surface area contributed by atoms with Crippen LogP contribution in [0.25, 0.3) is 11.0 Å². The Bertz CT molecular complexity index is 1250. The largest absolute Gasteiger partial charge is 0.493 e. The first-order valence-corrected chi connectivity index (χ1v) is 12.9. The van der Waals surface area contributed by atoms with Gasteiger partial charge in [0.2, 0.25) is 0 Å². The van der Waals surface area contributed by atoms with Gasteiger partial charge in [0, 0.05) is 35.1 Å². The first-order valence-electron chi connectivity index (χ1n) is 12.1. The minimum absolute atomic E-state index is 0.0490. The maximum absolute atomic E-state index is 13.2. The van der Waals surface area contributed by atoms with Crippen molar-refractivity contribution in [2.24, 2.45) is 5.41 Å². The SMILES string of the molecule is O=C1NCC2(CCCCCOc3ccc(Cl)cc31)CCN(C(=O)c1cc3cc(Cl)ccc3o1)CC2. The van der Waals surface area contributed by atoms with Crippen LogP contribution in [-0.4, -0.2) is 43.0 Å². The molecule has 5 rings (SSSR count). The summed E-state index contributed by atoms with van der Waals surface area (Å²) in [5, 5.41) is 5.06. The zero-order valence-electron chi connectivity index (χ0n) is 19.4. The Morgan fingerprint density at radius 2 is 1.71 bits per heavy atom. The predicted octanol–water partition coefficient (Wildman–Crippen LogP) is 6.34. The topological polar surface area (TPSA) is 71.8 Å². The Labute approximate surface area is 214 Å². The molecule has 0 unspecified atom stereocenters. The summed E-state index contributed by atoms with van der Waals surface area (Å²) >= 11 is 12.2. The van der Waals surface area contributed by atoms with Gasteiger partial charge in [0.05, 0.1) is 12.2 Å². The number of piperidine rings is 1. The number of nitrogens with one attached hydrogen (secondary N) is 1. The monoisotopic (exact) mass is 514 g/mol. The first-order chi connectivity index (χ1) is 16.9. The van der Waals surface area contributed by atoms with Gasteiger partial charge in [0.1, 0.15) is 11.3 Å². The summed E-state index contributed by atoms with van der Waals surface area (Å²) < 4.78 is 11.6. The number of carbonyl (C=O) groups is 2. The third-order valence-corrected chi connectivity index (χ3v) is 7.69. The number of nitrogens with zero attached hydrogens (tertiary/aromatic N) is 1. The van der Waals surface area contributed by atoms with E-state index in [1.54, 1.807) is 42.5 Å². The van der Waals surface area contributed by atoms with E-state index >= 15 is 0 Å². The number of rotatable bonds is 1. The van der Waals surface area contributed by atoms with Crippen molar-refractivity contribution in [3.05, 3.63) is 63.8 Å². The average molecular weight is 515 g/mol. The summed E-state index contributed by atoms with van der Waals surface area (Å²) in [4.78, 5) is 28.0. The molecule has 35 heavy (non-hydrogen) atoms. The number of amides is 2. The maximum Gasteiger partial charge on any atom is 0.289 e. The molecule has 2 aliphatic heterocycles. The lowest BCUT2D eigenvalue weighted by atomic mass is 9.74. The number of halogens is 2. The Balaban J connectivity index is 1.28. The van der Waals surface area contributed by atoms with Crippen LogP contribution in [0.15, 0.2) is 46.9 Å². The highest BCUT2D eigenvalue weighted by Gasteiger charge is 2.37. The van der Waals surface area contributed by atoms with Gasteiger partial charge in [-0.05, 0) is 73.6 Å². The average Bonchev–Trinajstić information content (AvgIpc) is 3.28. The van der Waals surface area contributed by atoms with Gasteiger partial charge in [0.15, 0.2) is 5.76 Å². The van der Waals surface area contributed by atoms with Gasteiger partial charge in [0.25, 0.3) is 11.8 Å². The lowest BCUT2D eigenvalue weighted by Gasteiger charge is -2.42. The van der Waals surface area contributed by atoms with Gasteiger partial charge in [-0.25, -0.2) is 0 Å². The number of ether oxygens (including phenoxy) is 1. The van der Waals surface area contributed by atoms with Crippen LogP contribution in [-0.2, 0) is 0 Å².